The van der Waals surface area contributed by atoms with Crippen LogP contribution in [-0.4, -0.2) is 42.8 Å². The fourth-order valence-electron chi connectivity index (χ4n) is 8.07. The normalized spacial score (nSPS) is 41.6. The molecule has 196 valence electrons. The minimum Gasteiger partial charge on any atom is -0.472 e. The number of esters is 3. The Bertz CT molecular complexity index is 1090. The van der Waals surface area contributed by atoms with Gasteiger partial charge in [-0.1, -0.05) is 20.4 Å². The second-order valence-corrected chi connectivity index (χ2v) is 12.0. The summed E-state index contributed by atoms with van der Waals surface area (Å²) < 4.78 is 29.1. The van der Waals surface area contributed by atoms with E-state index in [1.807, 2.05) is 19.9 Å². The van der Waals surface area contributed by atoms with E-state index in [9.17, 15) is 14.4 Å². The highest BCUT2D eigenvalue weighted by Crippen LogP contribution is 2.69. The Kier molecular flexibility index (Phi) is 5.71. The van der Waals surface area contributed by atoms with Crippen LogP contribution in [0, 0.1) is 28.6 Å². The van der Waals surface area contributed by atoms with Crippen LogP contribution in [0.5, 0.6) is 0 Å². The van der Waals surface area contributed by atoms with Gasteiger partial charge < -0.3 is 23.4 Å². The highest BCUT2D eigenvalue weighted by atomic mass is 16.6. The summed E-state index contributed by atoms with van der Waals surface area (Å²) in [6.45, 7) is 12.8. The number of hydrogen-bond acceptors (Lipinski definition) is 8. The van der Waals surface area contributed by atoms with Crippen molar-refractivity contribution in [2.45, 2.75) is 77.1 Å². The van der Waals surface area contributed by atoms with Crippen molar-refractivity contribution in [3.05, 3.63) is 36.3 Å². The summed E-state index contributed by atoms with van der Waals surface area (Å²) in [4.78, 5) is 38.7. The van der Waals surface area contributed by atoms with E-state index < -0.39 is 28.1 Å². The van der Waals surface area contributed by atoms with Crippen LogP contribution in [0.25, 0.3) is 0 Å². The fraction of sp³-hybridized carbons (Fsp3) is 0.679. The average Bonchev–Trinajstić information content (AvgIpc) is 3.31. The Morgan fingerprint density at radius 1 is 1.19 bits per heavy atom. The highest BCUT2D eigenvalue weighted by molar-refractivity contribution is 5.75. The van der Waals surface area contributed by atoms with Crippen LogP contribution in [0.4, 0.5) is 0 Å². The standard InChI is InChI=1S/C28H36O8/c1-16-19-7-9-26(4)24(17-8-10-33-14-17)35-23(31)13-28(16,26)34-15-18-11-22(30)36-25(2,3)20(27(18,19)5)12-21(29)32-6/h8,10,14,18-20,24H,1,7,9,11-13,15H2,2-6H3. The molecule has 5 rings (SSSR count). The van der Waals surface area contributed by atoms with Gasteiger partial charge in [-0.05, 0) is 55.6 Å². The summed E-state index contributed by atoms with van der Waals surface area (Å²) in [5.41, 5.74) is -1.38. The largest absolute Gasteiger partial charge is 0.472 e. The molecule has 1 aromatic rings. The van der Waals surface area contributed by atoms with Crippen molar-refractivity contribution >= 4 is 17.9 Å². The maximum absolute atomic E-state index is 13.1. The van der Waals surface area contributed by atoms with E-state index in [0.717, 1.165) is 17.6 Å². The summed E-state index contributed by atoms with van der Waals surface area (Å²) in [7, 11) is 1.37. The maximum atomic E-state index is 13.1. The van der Waals surface area contributed by atoms with E-state index in [-0.39, 0.29) is 61.5 Å². The minimum atomic E-state index is -0.966. The summed E-state index contributed by atoms with van der Waals surface area (Å²) in [5.74, 6) is -1.67. The molecule has 4 fully saturated rings. The first-order valence-corrected chi connectivity index (χ1v) is 12.7. The van der Waals surface area contributed by atoms with Crippen molar-refractivity contribution in [2.24, 2.45) is 28.6 Å². The number of carbonyl (C=O) groups excluding carboxylic acids is 3. The molecule has 3 saturated heterocycles. The van der Waals surface area contributed by atoms with Crippen molar-refractivity contribution in [2.75, 3.05) is 13.7 Å². The molecule has 7 unspecified atom stereocenters. The number of ether oxygens (including phenoxy) is 4. The summed E-state index contributed by atoms with van der Waals surface area (Å²) in [5, 5.41) is 0. The van der Waals surface area contributed by atoms with E-state index in [1.165, 1.54) is 7.11 Å². The van der Waals surface area contributed by atoms with Crippen molar-refractivity contribution < 1.29 is 37.7 Å². The Morgan fingerprint density at radius 3 is 2.61 bits per heavy atom. The summed E-state index contributed by atoms with van der Waals surface area (Å²) in [6.07, 6.45) is 4.45. The van der Waals surface area contributed by atoms with Gasteiger partial charge in [0.1, 0.15) is 17.3 Å². The molecule has 36 heavy (non-hydrogen) atoms. The van der Waals surface area contributed by atoms with E-state index in [4.69, 9.17) is 23.4 Å². The first kappa shape index (κ1) is 25.1. The molecule has 0 aromatic carbocycles. The van der Waals surface area contributed by atoms with E-state index >= 15 is 0 Å². The van der Waals surface area contributed by atoms with Crippen LogP contribution >= 0.6 is 0 Å². The SMILES string of the molecule is C=C1C2CCC3(C)C(c4ccoc4)OC(=O)CC13OCC1CC(=O)OC(C)(C)C(CC(=O)OC)C12C. The molecule has 8 nitrogen and oxygen atoms in total. The molecule has 7 atom stereocenters. The number of rotatable bonds is 3. The molecular weight excluding hydrogens is 464 g/mol. The minimum absolute atomic E-state index is 0.0610. The second kappa shape index (κ2) is 8.20. The number of fused-ring (bicyclic) bond motifs is 3. The first-order valence-electron chi connectivity index (χ1n) is 12.7. The third kappa shape index (κ3) is 3.32. The Balaban J connectivity index is 1.65. The average molecular weight is 501 g/mol. The van der Waals surface area contributed by atoms with E-state index in [0.29, 0.717) is 6.42 Å². The lowest BCUT2D eigenvalue weighted by Gasteiger charge is -2.60. The molecule has 3 aliphatic heterocycles. The topological polar surface area (TPSA) is 101 Å². The second-order valence-electron chi connectivity index (χ2n) is 12.0. The van der Waals surface area contributed by atoms with Crippen LogP contribution < -0.4 is 0 Å². The summed E-state index contributed by atoms with van der Waals surface area (Å²) in [6, 6.07) is 1.82. The van der Waals surface area contributed by atoms with Gasteiger partial charge in [0.25, 0.3) is 0 Å². The van der Waals surface area contributed by atoms with Gasteiger partial charge in [0.2, 0.25) is 0 Å². The van der Waals surface area contributed by atoms with Crippen LogP contribution in [0.1, 0.15) is 71.5 Å². The lowest BCUT2D eigenvalue weighted by Crippen LogP contribution is -2.62. The predicted octanol–water partition coefficient (Wildman–Crippen LogP) is 4.54. The third-order valence-corrected chi connectivity index (χ3v) is 10.0. The van der Waals surface area contributed by atoms with Gasteiger partial charge >= 0.3 is 17.9 Å². The van der Waals surface area contributed by atoms with Gasteiger partial charge in [0.05, 0.1) is 45.5 Å². The number of methoxy groups -OCH3 is 1. The molecule has 0 radical (unpaired) electrons. The predicted molar refractivity (Wildman–Crippen MR) is 127 cm³/mol. The monoisotopic (exact) mass is 500 g/mol. The Morgan fingerprint density at radius 2 is 1.94 bits per heavy atom. The van der Waals surface area contributed by atoms with E-state index in [2.05, 4.69) is 20.4 Å². The molecule has 2 bridgehead atoms. The zero-order valence-electron chi connectivity index (χ0n) is 21.8. The highest BCUT2D eigenvalue weighted by Gasteiger charge is 2.70. The lowest BCUT2D eigenvalue weighted by molar-refractivity contribution is -0.224. The van der Waals surface area contributed by atoms with E-state index in [1.54, 1.807) is 12.5 Å². The maximum Gasteiger partial charge on any atom is 0.309 e. The molecule has 1 aromatic heterocycles. The Hall–Kier alpha value is -2.61. The van der Waals surface area contributed by atoms with Crippen LogP contribution in [0.2, 0.25) is 0 Å². The smallest absolute Gasteiger partial charge is 0.309 e. The van der Waals surface area contributed by atoms with Gasteiger partial charge in [-0.25, -0.2) is 0 Å². The quantitative estimate of drug-likeness (QED) is 0.339. The van der Waals surface area contributed by atoms with Crippen molar-refractivity contribution in [1.82, 2.24) is 0 Å². The number of carbonyl (C=O) groups is 3. The van der Waals surface area contributed by atoms with Gasteiger partial charge in [0.15, 0.2) is 0 Å². The Labute approximate surface area is 211 Å². The molecular formula is C28H36O8. The molecule has 4 heterocycles. The van der Waals surface area contributed by atoms with Gasteiger partial charge in [-0.2, -0.15) is 0 Å². The molecule has 1 aliphatic carbocycles. The number of cyclic esters (lactones) is 2. The zero-order valence-corrected chi connectivity index (χ0v) is 21.8. The van der Waals surface area contributed by atoms with Crippen molar-refractivity contribution in [1.29, 1.82) is 0 Å². The summed E-state index contributed by atoms with van der Waals surface area (Å²) >= 11 is 0. The van der Waals surface area contributed by atoms with Crippen LogP contribution in [0.3, 0.4) is 0 Å². The molecule has 0 N–H and O–H groups in total. The molecule has 4 aliphatic rings. The third-order valence-electron chi connectivity index (χ3n) is 10.0. The molecule has 1 spiro atoms. The molecule has 1 saturated carbocycles. The molecule has 0 amide bonds. The van der Waals surface area contributed by atoms with Gasteiger partial charge in [-0.3, -0.25) is 14.4 Å². The lowest BCUT2D eigenvalue weighted by atomic mass is 9.46. The number of hydrogen-bond donors (Lipinski definition) is 0. The number of furan rings is 1. The fourth-order valence-corrected chi connectivity index (χ4v) is 8.07. The van der Waals surface area contributed by atoms with Gasteiger partial charge in [0, 0.05) is 16.9 Å². The van der Waals surface area contributed by atoms with Crippen molar-refractivity contribution in [3.63, 3.8) is 0 Å². The molecule has 8 heteroatoms. The van der Waals surface area contributed by atoms with Crippen LogP contribution in [-0.2, 0) is 33.3 Å². The van der Waals surface area contributed by atoms with Crippen LogP contribution in [0.15, 0.2) is 35.2 Å². The first-order chi connectivity index (χ1) is 16.9. The zero-order chi connectivity index (χ0) is 26.1. The van der Waals surface area contributed by atoms with Gasteiger partial charge in [-0.15, -0.1) is 0 Å². The van der Waals surface area contributed by atoms with Crippen molar-refractivity contribution in [3.8, 4) is 0 Å².